The molecule has 4 nitrogen and oxygen atoms in total. The summed E-state index contributed by atoms with van der Waals surface area (Å²) >= 11 is 0. The molecule has 3 aromatic rings. The number of amides is 1. The van der Waals surface area contributed by atoms with Crippen molar-refractivity contribution in [1.82, 2.24) is 0 Å². The van der Waals surface area contributed by atoms with Crippen LogP contribution in [0.1, 0.15) is 33.5 Å². The van der Waals surface area contributed by atoms with E-state index in [2.05, 4.69) is 0 Å². The van der Waals surface area contributed by atoms with Gasteiger partial charge in [-0.05, 0) is 25.0 Å². The van der Waals surface area contributed by atoms with Crippen LogP contribution in [0.2, 0.25) is 0 Å². The summed E-state index contributed by atoms with van der Waals surface area (Å²) in [5, 5.41) is 11.4. The number of anilines is 1. The molecule has 0 bridgehead atoms. The standard InChI is InChI=1S/C25H23NO3/c1-18-11-13-20(14-12-18)23(27)17-25(29)21-9-5-6-10-22(21)26(24(25)28)16-15-19-7-3-2-4-8-19/h2-14,29H,15-17H2,1H3. The van der Waals surface area contributed by atoms with Crippen molar-refractivity contribution in [3.8, 4) is 0 Å². The molecular weight excluding hydrogens is 362 g/mol. The van der Waals surface area contributed by atoms with Crippen molar-refractivity contribution >= 4 is 17.4 Å². The van der Waals surface area contributed by atoms with E-state index in [1.807, 2.05) is 61.5 Å². The first-order valence-electron chi connectivity index (χ1n) is 9.77. The van der Waals surface area contributed by atoms with Gasteiger partial charge >= 0.3 is 0 Å². The van der Waals surface area contributed by atoms with Crippen molar-refractivity contribution in [2.45, 2.75) is 25.4 Å². The molecule has 0 saturated heterocycles. The molecule has 4 heteroatoms. The van der Waals surface area contributed by atoms with E-state index in [0.29, 0.717) is 29.8 Å². The van der Waals surface area contributed by atoms with E-state index in [9.17, 15) is 14.7 Å². The summed E-state index contributed by atoms with van der Waals surface area (Å²) in [5.41, 5.74) is 2.00. The number of nitrogens with zero attached hydrogens (tertiary/aromatic N) is 1. The van der Waals surface area contributed by atoms with Gasteiger partial charge in [-0.3, -0.25) is 9.59 Å². The smallest absolute Gasteiger partial charge is 0.264 e. The molecule has 0 radical (unpaired) electrons. The molecule has 0 fully saturated rings. The second-order valence-corrected chi connectivity index (χ2v) is 7.54. The number of hydrogen-bond acceptors (Lipinski definition) is 3. The Hall–Kier alpha value is -3.24. The maximum Gasteiger partial charge on any atom is 0.264 e. The summed E-state index contributed by atoms with van der Waals surface area (Å²) in [4.78, 5) is 27.7. The van der Waals surface area contributed by atoms with Crippen molar-refractivity contribution < 1.29 is 14.7 Å². The molecule has 0 aliphatic carbocycles. The topological polar surface area (TPSA) is 57.6 Å². The zero-order chi connectivity index (χ0) is 20.4. The Labute approximate surface area is 170 Å². The summed E-state index contributed by atoms with van der Waals surface area (Å²) in [5.74, 6) is -0.685. The molecule has 29 heavy (non-hydrogen) atoms. The van der Waals surface area contributed by atoms with Crippen LogP contribution in [0.4, 0.5) is 5.69 Å². The van der Waals surface area contributed by atoms with Crippen LogP contribution in [0.25, 0.3) is 0 Å². The first-order valence-corrected chi connectivity index (χ1v) is 9.77. The Bertz CT molecular complexity index is 1040. The van der Waals surface area contributed by atoms with Gasteiger partial charge in [-0.1, -0.05) is 78.4 Å². The fraction of sp³-hybridized carbons (Fsp3) is 0.200. The molecule has 0 saturated carbocycles. The zero-order valence-electron chi connectivity index (χ0n) is 16.3. The number of para-hydroxylation sites is 1. The predicted molar refractivity (Wildman–Crippen MR) is 113 cm³/mol. The van der Waals surface area contributed by atoms with Crippen LogP contribution in [-0.2, 0) is 16.8 Å². The lowest BCUT2D eigenvalue weighted by Crippen LogP contribution is -2.42. The van der Waals surface area contributed by atoms with Gasteiger partial charge in [0.15, 0.2) is 11.4 Å². The lowest BCUT2D eigenvalue weighted by atomic mass is 9.88. The molecule has 3 aromatic carbocycles. The Morgan fingerprint density at radius 1 is 0.931 bits per heavy atom. The fourth-order valence-corrected chi connectivity index (χ4v) is 3.86. The number of carbonyl (C=O) groups excluding carboxylic acids is 2. The number of fused-ring (bicyclic) bond motifs is 1. The highest BCUT2D eigenvalue weighted by molar-refractivity contribution is 6.10. The van der Waals surface area contributed by atoms with E-state index in [0.717, 1.165) is 11.1 Å². The van der Waals surface area contributed by atoms with Crippen LogP contribution in [-0.4, -0.2) is 23.3 Å². The third-order valence-electron chi connectivity index (χ3n) is 5.50. The molecule has 0 aromatic heterocycles. The SMILES string of the molecule is Cc1ccc(C(=O)CC2(O)C(=O)N(CCc3ccccc3)c3ccccc32)cc1. The van der Waals surface area contributed by atoms with Crippen molar-refractivity contribution in [2.75, 3.05) is 11.4 Å². The van der Waals surface area contributed by atoms with E-state index in [4.69, 9.17) is 0 Å². The van der Waals surface area contributed by atoms with E-state index in [1.54, 1.807) is 29.2 Å². The minimum absolute atomic E-state index is 0.249. The molecule has 4 rings (SSSR count). The Morgan fingerprint density at radius 2 is 1.59 bits per heavy atom. The van der Waals surface area contributed by atoms with Gasteiger partial charge in [0.25, 0.3) is 5.91 Å². The molecule has 1 N–H and O–H groups in total. The molecule has 146 valence electrons. The number of rotatable bonds is 6. The average Bonchev–Trinajstić information content (AvgIpc) is 2.95. The van der Waals surface area contributed by atoms with Gasteiger partial charge in [-0.15, -0.1) is 0 Å². The van der Waals surface area contributed by atoms with Crippen molar-refractivity contribution in [3.63, 3.8) is 0 Å². The maximum atomic E-state index is 13.3. The third-order valence-corrected chi connectivity index (χ3v) is 5.50. The highest BCUT2D eigenvalue weighted by Crippen LogP contribution is 2.42. The predicted octanol–water partition coefficient (Wildman–Crippen LogP) is 4.04. The molecule has 1 aliphatic rings. The lowest BCUT2D eigenvalue weighted by Gasteiger charge is -2.23. The average molecular weight is 385 g/mol. The number of benzene rings is 3. The van der Waals surface area contributed by atoms with Crippen molar-refractivity contribution in [3.05, 3.63) is 101 Å². The zero-order valence-corrected chi connectivity index (χ0v) is 16.3. The Kier molecular flexibility index (Phi) is 5.03. The number of Topliss-reactive ketones (excluding diaryl/α,β-unsaturated/α-hetero) is 1. The summed E-state index contributed by atoms with van der Waals surface area (Å²) in [6.45, 7) is 2.39. The third kappa shape index (κ3) is 3.59. The quantitative estimate of drug-likeness (QED) is 0.652. The minimum atomic E-state index is -1.84. The monoisotopic (exact) mass is 385 g/mol. The highest BCUT2D eigenvalue weighted by atomic mass is 16.3. The van der Waals surface area contributed by atoms with Gasteiger partial charge in [0.1, 0.15) is 0 Å². The second kappa shape index (κ2) is 7.64. The first kappa shape index (κ1) is 19.1. The van der Waals surface area contributed by atoms with Crippen LogP contribution in [0.5, 0.6) is 0 Å². The van der Waals surface area contributed by atoms with Gasteiger partial charge in [-0.2, -0.15) is 0 Å². The highest BCUT2D eigenvalue weighted by Gasteiger charge is 2.50. The van der Waals surface area contributed by atoms with Crippen molar-refractivity contribution in [1.29, 1.82) is 0 Å². The van der Waals surface area contributed by atoms with Gasteiger partial charge in [0.05, 0.1) is 12.1 Å². The first-order chi connectivity index (χ1) is 14.0. The molecule has 1 atom stereocenters. The van der Waals surface area contributed by atoms with Crippen LogP contribution in [0.15, 0.2) is 78.9 Å². The summed E-state index contributed by atoms with van der Waals surface area (Å²) in [7, 11) is 0. The second-order valence-electron chi connectivity index (χ2n) is 7.54. The lowest BCUT2D eigenvalue weighted by molar-refractivity contribution is -0.135. The number of carbonyl (C=O) groups is 2. The minimum Gasteiger partial charge on any atom is -0.375 e. The van der Waals surface area contributed by atoms with Crippen LogP contribution in [0.3, 0.4) is 0 Å². The van der Waals surface area contributed by atoms with E-state index >= 15 is 0 Å². The largest absolute Gasteiger partial charge is 0.375 e. The normalized spacial score (nSPS) is 18.0. The maximum absolute atomic E-state index is 13.3. The van der Waals surface area contributed by atoms with E-state index < -0.39 is 11.5 Å². The Morgan fingerprint density at radius 3 is 2.31 bits per heavy atom. The van der Waals surface area contributed by atoms with E-state index in [1.165, 1.54) is 0 Å². The van der Waals surface area contributed by atoms with Gasteiger partial charge in [-0.25, -0.2) is 0 Å². The summed E-state index contributed by atoms with van der Waals surface area (Å²) < 4.78 is 0. The Balaban J connectivity index is 1.60. The summed E-state index contributed by atoms with van der Waals surface area (Å²) in [6.07, 6.45) is 0.399. The number of hydrogen-bond donors (Lipinski definition) is 1. The number of aryl methyl sites for hydroxylation is 1. The van der Waals surface area contributed by atoms with Crippen LogP contribution in [0, 0.1) is 6.92 Å². The van der Waals surface area contributed by atoms with Crippen molar-refractivity contribution in [2.24, 2.45) is 0 Å². The molecule has 1 unspecified atom stereocenters. The molecule has 1 heterocycles. The van der Waals surface area contributed by atoms with Gasteiger partial charge in [0, 0.05) is 17.7 Å². The van der Waals surface area contributed by atoms with E-state index in [-0.39, 0.29) is 12.2 Å². The summed E-state index contributed by atoms with van der Waals surface area (Å²) in [6, 6.07) is 24.3. The van der Waals surface area contributed by atoms with Gasteiger partial charge in [0.2, 0.25) is 0 Å². The molecule has 1 amide bonds. The number of ketones is 1. The van der Waals surface area contributed by atoms with Crippen LogP contribution >= 0.6 is 0 Å². The van der Waals surface area contributed by atoms with Gasteiger partial charge < -0.3 is 10.0 Å². The molecule has 0 spiro atoms. The molecule has 1 aliphatic heterocycles. The molecular formula is C25H23NO3. The number of aliphatic hydroxyl groups is 1. The fourth-order valence-electron chi connectivity index (χ4n) is 3.86. The van der Waals surface area contributed by atoms with Crippen LogP contribution < -0.4 is 4.90 Å².